The van der Waals surface area contributed by atoms with Crippen LogP contribution in [-0.4, -0.2) is 22.8 Å². The number of terminal acetylenes is 1. The highest BCUT2D eigenvalue weighted by Gasteiger charge is 1.94. The van der Waals surface area contributed by atoms with Gasteiger partial charge in [0.1, 0.15) is 5.69 Å². The summed E-state index contributed by atoms with van der Waals surface area (Å²) in [5, 5.41) is 3.61. The predicted molar refractivity (Wildman–Crippen MR) is 45.7 cm³/mol. The van der Waals surface area contributed by atoms with Crippen molar-refractivity contribution >= 4 is 6.21 Å². The monoisotopic (exact) mass is 163 g/mol. The van der Waals surface area contributed by atoms with Gasteiger partial charge in [0, 0.05) is 5.69 Å². The van der Waals surface area contributed by atoms with Crippen molar-refractivity contribution in [2.24, 2.45) is 5.16 Å². The van der Waals surface area contributed by atoms with Gasteiger partial charge in [-0.2, -0.15) is 0 Å². The number of oxime groups is 1. The van der Waals surface area contributed by atoms with Crippen LogP contribution >= 0.6 is 0 Å². The fourth-order valence-electron chi connectivity index (χ4n) is 0.661. The summed E-state index contributed by atoms with van der Waals surface area (Å²) < 4.78 is 0. The van der Waals surface area contributed by atoms with Crippen LogP contribution < -0.4 is 0 Å². The van der Waals surface area contributed by atoms with E-state index in [1.807, 2.05) is 6.92 Å². The minimum atomic E-state index is 0.181. The minimum absolute atomic E-state index is 0.181. The molecule has 0 amide bonds. The lowest BCUT2D eigenvalue weighted by atomic mass is 10.4. The van der Waals surface area contributed by atoms with E-state index in [9.17, 15) is 0 Å². The SMILES string of the molecule is C#CCO/N=C/c1nc[nH]c1C. The topological polar surface area (TPSA) is 50.3 Å². The average molecular weight is 163 g/mol. The number of rotatable bonds is 3. The maximum Gasteiger partial charge on any atom is 0.177 e. The molecule has 1 rings (SSSR count). The van der Waals surface area contributed by atoms with Crippen molar-refractivity contribution in [1.29, 1.82) is 0 Å². The summed E-state index contributed by atoms with van der Waals surface area (Å²) in [7, 11) is 0. The molecular formula is C8H9N3O. The average Bonchev–Trinajstić information content (AvgIpc) is 2.46. The van der Waals surface area contributed by atoms with Crippen LogP contribution in [0.4, 0.5) is 0 Å². The molecule has 1 aromatic rings. The first-order valence-electron chi connectivity index (χ1n) is 3.43. The van der Waals surface area contributed by atoms with Gasteiger partial charge in [-0.1, -0.05) is 11.1 Å². The first-order chi connectivity index (χ1) is 5.84. The molecule has 0 spiro atoms. The molecule has 0 aliphatic heterocycles. The lowest BCUT2D eigenvalue weighted by Crippen LogP contribution is -1.87. The van der Waals surface area contributed by atoms with E-state index in [0.717, 1.165) is 11.4 Å². The zero-order chi connectivity index (χ0) is 8.81. The highest BCUT2D eigenvalue weighted by Crippen LogP contribution is 1.95. The third kappa shape index (κ3) is 2.13. The molecule has 4 heteroatoms. The van der Waals surface area contributed by atoms with E-state index >= 15 is 0 Å². The molecule has 4 nitrogen and oxygen atoms in total. The van der Waals surface area contributed by atoms with E-state index < -0.39 is 0 Å². The Balaban J connectivity index is 2.47. The molecule has 1 N–H and O–H groups in total. The maximum absolute atomic E-state index is 4.95. The molecule has 0 unspecified atom stereocenters. The summed E-state index contributed by atoms with van der Waals surface area (Å²) in [5.41, 5.74) is 1.70. The van der Waals surface area contributed by atoms with Crippen molar-refractivity contribution in [1.82, 2.24) is 9.97 Å². The summed E-state index contributed by atoms with van der Waals surface area (Å²) in [6, 6.07) is 0. The van der Waals surface area contributed by atoms with Crippen molar-refractivity contribution in [2.75, 3.05) is 6.61 Å². The predicted octanol–water partition coefficient (Wildman–Crippen LogP) is 0.702. The van der Waals surface area contributed by atoms with Crippen molar-refractivity contribution in [3.8, 4) is 12.3 Å². The Morgan fingerprint density at radius 1 is 1.92 bits per heavy atom. The number of nitrogens with zero attached hydrogens (tertiary/aromatic N) is 2. The molecule has 0 aliphatic carbocycles. The van der Waals surface area contributed by atoms with Crippen molar-refractivity contribution in [3.05, 3.63) is 17.7 Å². The standard InChI is InChI=1S/C8H9N3O/c1-3-4-12-11-5-8-7(2)9-6-10-8/h1,5-6H,4H2,2H3,(H,9,10)/b11-5+. The third-order valence-corrected chi connectivity index (χ3v) is 1.27. The second-order valence-electron chi connectivity index (χ2n) is 2.12. The summed E-state index contributed by atoms with van der Waals surface area (Å²) in [4.78, 5) is 11.6. The molecule has 0 saturated carbocycles. The fraction of sp³-hybridized carbons (Fsp3) is 0.250. The van der Waals surface area contributed by atoms with E-state index in [0.29, 0.717) is 0 Å². The van der Waals surface area contributed by atoms with Crippen LogP contribution in [0, 0.1) is 19.3 Å². The van der Waals surface area contributed by atoms with Gasteiger partial charge in [0.05, 0.1) is 12.5 Å². The number of H-pyrrole nitrogens is 1. The molecule has 0 radical (unpaired) electrons. The molecule has 0 aromatic carbocycles. The van der Waals surface area contributed by atoms with Crippen LogP contribution in [0.5, 0.6) is 0 Å². The zero-order valence-corrected chi connectivity index (χ0v) is 6.74. The molecule has 0 atom stereocenters. The number of imidazole rings is 1. The highest BCUT2D eigenvalue weighted by atomic mass is 16.6. The van der Waals surface area contributed by atoms with Gasteiger partial charge in [-0.05, 0) is 6.92 Å². The molecule has 1 heterocycles. The van der Waals surface area contributed by atoms with Crippen molar-refractivity contribution in [3.63, 3.8) is 0 Å². The van der Waals surface area contributed by atoms with Gasteiger partial charge in [0.2, 0.25) is 0 Å². The Morgan fingerprint density at radius 2 is 2.75 bits per heavy atom. The summed E-state index contributed by atoms with van der Waals surface area (Å²) in [6.07, 6.45) is 8.06. The van der Waals surface area contributed by atoms with Crippen LogP contribution in [0.15, 0.2) is 11.5 Å². The number of aryl methyl sites for hydroxylation is 1. The Bertz CT molecular complexity index is 308. The van der Waals surface area contributed by atoms with Crippen molar-refractivity contribution in [2.45, 2.75) is 6.92 Å². The number of aromatic nitrogens is 2. The van der Waals surface area contributed by atoms with Gasteiger partial charge in [0.25, 0.3) is 0 Å². The first-order valence-corrected chi connectivity index (χ1v) is 3.43. The molecule has 12 heavy (non-hydrogen) atoms. The van der Waals surface area contributed by atoms with Crippen LogP contribution in [-0.2, 0) is 4.84 Å². The lowest BCUT2D eigenvalue weighted by Gasteiger charge is -1.89. The Labute approximate surface area is 70.6 Å². The second-order valence-corrected chi connectivity index (χ2v) is 2.12. The van der Waals surface area contributed by atoms with E-state index in [4.69, 9.17) is 11.3 Å². The number of nitrogens with one attached hydrogen (secondary N) is 1. The molecule has 1 aromatic heterocycles. The normalized spacial score (nSPS) is 10.0. The van der Waals surface area contributed by atoms with Crippen LogP contribution in [0.3, 0.4) is 0 Å². The third-order valence-electron chi connectivity index (χ3n) is 1.27. The molecule has 62 valence electrons. The minimum Gasteiger partial charge on any atom is -0.383 e. The van der Waals surface area contributed by atoms with E-state index in [1.165, 1.54) is 6.21 Å². The van der Waals surface area contributed by atoms with Crippen LogP contribution in [0.25, 0.3) is 0 Å². The Hall–Kier alpha value is -1.76. The summed E-state index contributed by atoms with van der Waals surface area (Å²) in [6.45, 7) is 2.08. The molecule has 0 aliphatic rings. The Kier molecular flexibility index (Phi) is 2.91. The van der Waals surface area contributed by atoms with Gasteiger partial charge < -0.3 is 9.82 Å². The van der Waals surface area contributed by atoms with E-state index in [2.05, 4.69) is 21.0 Å². The number of hydrogen-bond acceptors (Lipinski definition) is 3. The van der Waals surface area contributed by atoms with Crippen LogP contribution in [0.1, 0.15) is 11.4 Å². The quantitative estimate of drug-likeness (QED) is 0.308. The molecular weight excluding hydrogens is 154 g/mol. The van der Waals surface area contributed by atoms with Gasteiger partial charge in [-0.15, -0.1) is 6.42 Å². The van der Waals surface area contributed by atoms with Crippen LogP contribution in [0.2, 0.25) is 0 Å². The summed E-state index contributed by atoms with van der Waals surface area (Å²) in [5.74, 6) is 2.30. The first kappa shape index (κ1) is 8.34. The van der Waals surface area contributed by atoms with Gasteiger partial charge in [0.15, 0.2) is 6.61 Å². The lowest BCUT2D eigenvalue weighted by molar-refractivity contribution is 0.181. The van der Waals surface area contributed by atoms with Gasteiger partial charge in [-0.3, -0.25) is 0 Å². The van der Waals surface area contributed by atoms with Gasteiger partial charge in [-0.25, -0.2) is 4.98 Å². The second kappa shape index (κ2) is 4.19. The highest BCUT2D eigenvalue weighted by molar-refractivity contribution is 5.77. The molecule has 0 saturated heterocycles. The number of aromatic amines is 1. The summed E-state index contributed by atoms with van der Waals surface area (Å²) >= 11 is 0. The van der Waals surface area contributed by atoms with Crippen molar-refractivity contribution < 1.29 is 4.84 Å². The maximum atomic E-state index is 4.95. The Morgan fingerprint density at radius 3 is 3.33 bits per heavy atom. The number of hydrogen-bond donors (Lipinski definition) is 1. The largest absolute Gasteiger partial charge is 0.383 e. The van der Waals surface area contributed by atoms with E-state index in [1.54, 1.807) is 6.33 Å². The smallest absolute Gasteiger partial charge is 0.177 e. The van der Waals surface area contributed by atoms with E-state index in [-0.39, 0.29) is 6.61 Å². The fourth-order valence-corrected chi connectivity index (χ4v) is 0.661. The molecule has 0 fully saturated rings. The molecule has 0 bridgehead atoms. The van der Waals surface area contributed by atoms with Gasteiger partial charge >= 0.3 is 0 Å². The zero-order valence-electron chi connectivity index (χ0n) is 6.74.